The van der Waals surface area contributed by atoms with Gasteiger partial charge in [-0.05, 0) is 60.2 Å². The first-order valence-electron chi connectivity index (χ1n) is 11.1. The molecular weight excluding hydrogens is 505 g/mol. The van der Waals surface area contributed by atoms with Gasteiger partial charge in [-0.3, -0.25) is 9.36 Å². The average molecular weight is 529 g/mol. The molecule has 3 aromatic carbocycles. The van der Waals surface area contributed by atoms with Crippen LogP contribution in [-0.4, -0.2) is 34.9 Å². The van der Waals surface area contributed by atoms with Crippen LogP contribution in [0, 0.1) is 0 Å². The molecule has 0 aliphatic rings. The first-order valence-corrected chi connectivity index (χ1v) is 12.1. The van der Waals surface area contributed by atoms with Crippen molar-refractivity contribution in [2.24, 2.45) is 0 Å². The van der Waals surface area contributed by atoms with Crippen LogP contribution in [-0.2, 0) is 18.5 Å². The smallest absolute Gasteiger partial charge is 0.416 e. The van der Waals surface area contributed by atoms with Crippen molar-refractivity contribution < 1.29 is 27.4 Å². The van der Waals surface area contributed by atoms with E-state index < -0.39 is 11.7 Å². The molecule has 0 fully saturated rings. The van der Waals surface area contributed by atoms with Gasteiger partial charge >= 0.3 is 6.18 Å². The van der Waals surface area contributed by atoms with Crippen molar-refractivity contribution in [3.63, 3.8) is 0 Å². The van der Waals surface area contributed by atoms with Gasteiger partial charge in [0.1, 0.15) is 11.5 Å². The quantitative estimate of drug-likeness (QED) is 0.288. The summed E-state index contributed by atoms with van der Waals surface area (Å²) in [5.74, 6) is 1.70. The van der Waals surface area contributed by atoms with E-state index in [1.54, 1.807) is 61.3 Å². The van der Waals surface area contributed by atoms with Gasteiger partial charge in [-0.15, -0.1) is 10.2 Å². The molecule has 0 radical (unpaired) electrons. The standard InChI is InChI=1S/C26H23F3N4O3S/c1-35-21-10-6-18(7-11-21)24(34)30-15-23-31-32-25(33(23)20-8-12-22(36-2)13-9-20)37-16-17-4-3-5-19(14-17)26(27,28)29/h3-14H,15-16H2,1-2H3,(H,30,34). The predicted octanol–water partition coefficient (Wildman–Crippen LogP) is 5.53. The normalized spacial score (nSPS) is 11.3. The van der Waals surface area contributed by atoms with Crippen LogP contribution in [0.1, 0.15) is 27.3 Å². The van der Waals surface area contributed by atoms with E-state index >= 15 is 0 Å². The molecule has 0 spiro atoms. The van der Waals surface area contributed by atoms with Crippen molar-refractivity contribution in [1.29, 1.82) is 0 Å². The fraction of sp³-hybridized carbons (Fsp3) is 0.192. The molecule has 0 saturated carbocycles. The van der Waals surface area contributed by atoms with Gasteiger partial charge in [0.05, 0.1) is 26.3 Å². The molecule has 0 saturated heterocycles. The summed E-state index contributed by atoms with van der Waals surface area (Å²) in [5.41, 5.74) is 0.962. The zero-order valence-electron chi connectivity index (χ0n) is 20.0. The summed E-state index contributed by atoms with van der Waals surface area (Å²) >= 11 is 1.24. The van der Waals surface area contributed by atoms with Crippen molar-refractivity contribution >= 4 is 17.7 Å². The lowest BCUT2D eigenvalue weighted by atomic mass is 10.1. The monoisotopic (exact) mass is 528 g/mol. The number of carbonyl (C=O) groups excluding carboxylic acids is 1. The third kappa shape index (κ3) is 6.42. The molecule has 1 aromatic heterocycles. The third-order valence-corrected chi connectivity index (χ3v) is 6.41. The van der Waals surface area contributed by atoms with Crippen LogP contribution in [0.5, 0.6) is 11.5 Å². The average Bonchev–Trinajstić information content (AvgIpc) is 3.33. The number of rotatable bonds is 9. The highest BCUT2D eigenvalue weighted by atomic mass is 32.2. The zero-order chi connectivity index (χ0) is 26.4. The van der Waals surface area contributed by atoms with E-state index in [-0.39, 0.29) is 18.2 Å². The number of halogens is 3. The summed E-state index contributed by atoms with van der Waals surface area (Å²) in [4.78, 5) is 12.7. The molecule has 1 amide bonds. The summed E-state index contributed by atoms with van der Waals surface area (Å²) in [5, 5.41) is 11.8. The van der Waals surface area contributed by atoms with Crippen molar-refractivity contribution in [3.8, 4) is 17.2 Å². The number of methoxy groups -OCH3 is 2. The molecule has 7 nitrogen and oxygen atoms in total. The number of thioether (sulfide) groups is 1. The summed E-state index contributed by atoms with van der Waals surface area (Å²) in [6.45, 7) is 0.0774. The van der Waals surface area contributed by atoms with Crippen molar-refractivity contribution in [3.05, 3.63) is 95.3 Å². The number of ether oxygens (including phenoxy) is 2. The molecule has 37 heavy (non-hydrogen) atoms. The molecule has 0 unspecified atom stereocenters. The SMILES string of the molecule is COc1ccc(C(=O)NCc2nnc(SCc3cccc(C(F)(F)F)c3)n2-c2ccc(OC)cc2)cc1. The molecule has 4 rings (SSSR count). The van der Waals surface area contributed by atoms with Gasteiger partial charge in [0, 0.05) is 17.0 Å². The number of alkyl halides is 3. The summed E-state index contributed by atoms with van der Waals surface area (Å²) in [6, 6.07) is 19.0. The molecule has 0 aliphatic heterocycles. The highest BCUT2D eigenvalue weighted by Gasteiger charge is 2.30. The lowest BCUT2D eigenvalue weighted by Crippen LogP contribution is -2.24. The van der Waals surface area contributed by atoms with Gasteiger partial charge in [0.25, 0.3) is 5.91 Å². The molecule has 1 heterocycles. The van der Waals surface area contributed by atoms with Gasteiger partial charge in [-0.1, -0.05) is 30.0 Å². The van der Waals surface area contributed by atoms with Crippen LogP contribution in [0.15, 0.2) is 78.0 Å². The van der Waals surface area contributed by atoms with Crippen LogP contribution in [0.25, 0.3) is 5.69 Å². The number of nitrogens with one attached hydrogen (secondary N) is 1. The summed E-state index contributed by atoms with van der Waals surface area (Å²) in [7, 11) is 3.11. The first-order chi connectivity index (χ1) is 17.8. The number of aromatic nitrogens is 3. The van der Waals surface area contributed by atoms with Gasteiger partial charge in [-0.2, -0.15) is 13.2 Å². The number of nitrogens with zero attached hydrogens (tertiary/aromatic N) is 3. The lowest BCUT2D eigenvalue weighted by molar-refractivity contribution is -0.137. The van der Waals surface area contributed by atoms with Gasteiger partial charge in [0.2, 0.25) is 0 Å². The van der Waals surface area contributed by atoms with E-state index in [1.807, 2.05) is 12.1 Å². The zero-order valence-corrected chi connectivity index (χ0v) is 20.8. The largest absolute Gasteiger partial charge is 0.497 e. The number of carbonyl (C=O) groups is 1. The van der Waals surface area contributed by atoms with Crippen molar-refractivity contribution in [2.75, 3.05) is 14.2 Å². The highest BCUT2D eigenvalue weighted by molar-refractivity contribution is 7.98. The molecule has 1 N–H and O–H groups in total. The van der Waals surface area contributed by atoms with E-state index in [0.717, 1.165) is 12.1 Å². The van der Waals surface area contributed by atoms with Crippen molar-refractivity contribution in [2.45, 2.75) is 23.6 Å². The number of benzene rings is 3. The first kappa shape index (κ1) is 26.1. The van der Waals surface area contributed by atoms with Gasteiger partial charge in [0.15, 0.2) is 11.0 Å². The summed E-state index contributed by atoms with van der Waals surface area (Å²) in [6.07, 6.45) is -4.42. The number of hydrogen-bond acceptors (Lipinski definition) is 6. The van der Waals surface area contributed by atoms with Gasteiger partial charge < -0.3 is 14.8 Å². The molecule has 11 heteroatoms. The van der Waals surface area contributed by atoms with Crippen molar-refractivity contribution in [1.82, 2.24) is 20.1 Å². The maximum Gasteiger partial charge on any atom is 0.416 e. The number of hydrogen-bond donors (Lipinski definition) is 1. The van der Waals surface area contributed by atoms with Crippen LogP contribution >= 0.6 is 11.8 Å². The Morgan fingerprint density at radius 1 is 0.946 bits per heavy atom. The minimum atomic E-state index is -4.42. The Balaban J connectivity index is 1.56. The Morgan fingerprint density at radius 2 is 1.59 bits per heavy atom. The maximum atomic E-state index is 13.1. The Bertz CT molecular complexity index is 1360. The predicted molar refractivity (Wildman–Crippen MR) is 133 cm³/mol. The second kappa shape index (κ2) is 11.4. The molecule has 0 aliphatic carbocycles. The minimum Gasteiger partial charge on any atom is -0.497 e. The van der Waals surface area contributed by atoms with E-state index in [9.17, 15) is 18.0 Å². The molecule has 4 aromatic rings. The minimum absolute atomic E-state index is 0.0774. The Morgan fingerprint density at radius 3 is 2.22 bits per heavy atom. The highest BCUT2D eigenvalue weighted by Crippen LogP contribution is 2.32. The lowest BCUT2D eigenvalue weighted by Gasteiger charge is -2.12. The number of amides is 1. The molecular formula is C26H23F3N4O3S. The fourth-order valence-electron chi connectivity index (χ4n) is 3.49. The molecule has 0 atom stereocenters. The van der Waals surface area contributed by atoms with Gasteiger partial charge in [-0.25, -0.2) is 0 Å². The van der Waals surface area contributed by atoms with E-state index in [4.69, 9.17) is 9.47 Å². The Hall–Kier alpha value is -3.99. The van der Waals surface area contributed by atoms with E-state index in [1.165, 1.54) is 17.8 Å². The van der Waals surface area contributed by atoms with Crippen LogP contribution in [0.4, 0.5) is 13.2 Å². The van der Waals surface area contributed by atoms with E-state index in [0.29, 0.717) is 39.3 Å². The second-order valence-electron chi connectivity index (χ2n) is 7.83. The maximum absolute atomic E-state index is 13.1. The topological polar surface area (TPSA) is 78.3 Å². The Labute approximate surface area is 215 Å². The van der Waals surface area contributed by atoms with Crippen LogP contribution < -0.4 is 14.8 Å². The fourth-order valence-corrected chi connectivity index (χ4v) is 4.40. The molecule has 0 bridgehead atoms. The Kier molecular flexibility index (Phi) is 8.02. The third-order valence-electron chi connectivity index (χ3n) is 5.41. The second-order valence-corrected chi connectivity index (χ2v) is 8.77. The van der Waals surface area contributed by atoms with E-state index in [2.05, 4.69) is 15.5 Å². The van der Waals surface area contributed by atoms with Crippen LogP contribution in [0.2, 0.25) is 0 Å². The molecule has 192 valence electrons. The van der Waals surface area contributed by atoms with Crippen LogP contribution in [0.3, 0.4) is 0 Å². The summed E-state index contributed by atoms with van der Waals surface area (Å²) < 4.78 is 51.4.